The molecule has 0 aromatic heterocycles. The predicted octanol–water partition coefficient (Wildman–Crippen LogP) is 3.67. The Kier molecular flexibility index (Phi) is 4.39. The van der Waals surface area contributed by atoms with Gasteiger partial charge < -0.3 is 15.4 Å². The Morgan fingerprint density at radius 1 is 1.16 bits per heavy atom. The highest BCUT2D eigenvalue weighted by molar-refractivity contribution is 5.90. The molecule has 1 aromatic carbocycles. The van der Waals surface area contributed by atoms with Crippen LogP contribution < -0.4 is 10.6 Å². The molecule has 1 aromatic rings. The summed E-state index contributed by atoms with van der Waals surface area (Å²) in [5, 5.41) is 14.6. The van der Waals surface area contributed by atoms with Crippen molar-refractivity contribution in [2.45, 2.75) is 44.1 Å². The standard InChI is InChI=1S/C20H25N3O2/c21-13-17-3-1-2-4-18(17)23-19(24)22-5-6-25-20-10-14-7-15(11-20)9-16(8-14)12-20/h1-4,14-16H,5-12H2,(H2,22,23,24). The zero-order valence-corrected chi connectivity index (χ0v) is 14.5. The lowest BCUT2D eigenvalue weighted by Crippen LogP contribution is -2.52. The van der Waals surface area contributed by atoms with Crippen LogP contribution >= 0.6 is 0 Å². The van der Waals surface area contributed by atoms with Crippen LogP contribution in [0.1, 0.15) is 44.1 Å². The van der Waals surface area contributed by atoms with Crippen molar-refractivity contribution in [1.82, 2.24) is 5.32 Å². The molecule has 0 aliphatic heterocycles. The van der Waals surface area contributed by atoms with E-state index >= 15 is 0 Å². The van der Waals surface area contributed by atoms with Crippen LogP contribution in [0.2, 0.25) is 0 Å². The van der Waals surface area contributed by atoms with Crippen LogP contribution in [0.4, 0.5) is 10.5 Å². The number of rotatable bonds is 5. The van der Waals surface area contributed by atoms with E-state index < -0.39 is 0 Å². The molecule has 5 heteroatoms. The summed E-state index contributed by atoms with van der Waals surface area (Å²) in [6, 6.07) is 8.77. The molecule has 25 heavy (non-hydrogen) atoms. The molecule has 4 aliphatic rings. The molecule has 0 spiro atoms. The number of nitriles is 1. The van der Waals surface area contributed by atoms with E-state index in [0.717, 1.165) is 17.8 Å². The fourth-order valence-electron chi connectivity index (χ4n) is 5.50. The normalized spacial score (nSPS) is 32.2. The average Bonchev–Trinajstić information content (AvgIpc) is 2.58. The van der Waals surface area contributed by atoms with Gasteiger partial charge in [0.25, 0.3) is 0 Å². The molecule has 0 heterocycles. The Bertz CT molecular complexity index is 659. The minimum Gasteiger partial charge on any atom is -0.373 e. The second kappa shape index (κ2) is 6.68. The molecule has 5 rings (SSSR count). The summed E-state index contributed by atoms with van der Waals surface area (Å²) in [6.07, 6.45) is 7.84. The van der Waals surface area contributed by atoms with Crippen LogP contribution in [-0.4, -0.2) is 24.8 Å². The maximum absolute atomic E-state index is 12.0. The molecule has 2 amide bonds. The zero-order valence-electron chi connectivity index (χ0n) is 14.5. The quantitative estimate of drug-likeness (QED) is 0.804. The van der Waals surface area contributed by atoms with Gasteiger partial charge in [0.05, 0.1) is 23.5 Å². The number of para-hydroxylation sites is 1. The molecule has 2 N–H and O–H groups in total. The van der Waals surface area contributed by atoms with E-state index in [1.165, 1.54) is 38.5 Å². The van der Waals surface area contributed by atoms with Gasteiger partial charge in [-0.2, -0.15) is 5.26 Å². The zero-order chi connectivity index (χ0) is 17.3. The van der Waals surface area contributed by atoms with Gasteiger partial charge in [-0.25, -0.2) is 4.79 Å². The number of hydrogen-bond acceptors (Lipinski definition) is 3. The topological polar surface area (TPSA) is 74.2 Å². The van der Waals surface area contributed by atoms with Gasteiger partial charge in [-0.05, 0) is 68.4 Å². The van der Waals surface area contributed by atoms with Gasteiger partial charge in [-0.15, -0.1) is 0 Å². The third-order valence-corrected chi connectivity index (χ3v) is 6.07. The highest BCUT2D eigenvalue weighted by Crippen LogP contribution is 2.57. The van der Waals surface area contributed by atoms with Crippen LogP contribution in [0.3, 0.4) is 0 Å². The average molecular weight is 339 g/mol. The van der Waals surface area contributed by atoms with Crippen LogP contribution in [-0.2, 0) is 4.74 Å². The van der Waals surface area contributed by atoms with Gasteiger partial charge in [0.1, 0.15) is 6.07 Å². The lowest BCUT2D eigenvalue weighted by Gasteiger charge is -2.56. The van der Waals surface area contributed by atoms with E-state index in [-0.39, 0.29) is 11.6 Å². The fourth-order valence-corrected chi connectivity index (χ4v) is 5.50. The van der Waals surface area contributed by atoms with Gasteiger partial charge in [0, 0.05) is 6.54 Å². The van der Waals surface area contributed by atoms with Gasteiger partial charge in [0.2, 0.25) is 0 Å². The largest absolute Gasteiger partial charge is 0.373 e. The Morgan fingerprint density at radius 3 is 2.44 bits per heavy atom. The van der Waals surface area contributed by atoms with Crippen LogP contribution in [0.15, 0.2) is 24.3 Å². The van der Waals surface area contributed by atoms with Crippen molar-refractivity contribution in [2.24, 2.45) is 17.8 Å². The summed E-state index contributed by atoms with van der Waals surface area (Å²) in [5.74, 6) is 2.60. The first-order valence-corrected chi connectivity index (χ1v) is 9.34. The van der Waals surface area contributed by atoms with Crippen molar-refractivity contribution < 1.29 is 9.53 Å². The second-order valence-corrected chi connectivity index (χ2v) is 7.99. The molecule has 0 radical (unpaired) electrons. The summed E-state index contributed by atoms with van der Waals surface area (Å²) in [7, 11) is 0. The van der Waals surface area contributed by atoms with Gasteiger partial charge in [-0.3, -0.25) is 0 Å². The molecule has 0 unspecified atom stereocenters. The monoisotopic (exact) mass is 339 g/mol. The number of anilines is 1. The van der Waals surface area contributed by atoms with Crippen LogP contribution in [0.5, 0.6) is 0 Å². The first-order chi connectivity index (χ1) is 12.2. The molecule has 0 atom stereocenters. The van der Waals surface area contributed by atoms with Gasteiger partial charge in [-0.1, -0.05) is 12.1 Å². The van der Waals surface area contributed by atoms with Gasteiger partial charge in [0.15, 0.2) is 0 Å². The highest BCUT2D eigenvalue weighted by atomic mass is 16.5. The lowest BCUT2D eigenvalue weighted by molar-refractivity contribution is -0.160. The van der Waals surface area contributed by atoms with E-state index in [4.69, 9.17) is 10.00 Å². The number of nitrogens with one attached hydrogen (secondary N) is 2. The van der Waals surface area contributed by atoms with E-state index in [1.807, 2.05) is 0 Å². The third kappa shape index (κ3) is 3.50. The summed E-state index contributed by atoms with van der Waals surface area (Å²) < 4.78 is 6.29. The minimum atomic E-state index is -0.295. The van der Waals surface area contributed by atoms with Crippen molar-refractivity contribution in [1.29, 1.82) is 5.26 Å². The number of urea groups is 1. The lowest BCUT2D eigenvalue weighted by atomic mass is 9.54. The molecular formula is C20H25N3O2. The van der Waals surface area contributed by atoms with Crippen molar-refractivity contribution in [2.75, 3.05) is 18.5 Å². The number of carbonyl (C=O) groups excluding carboxylic acids is 1. The summed E-state index contributed by atoms with van der Waals surface area (Å²) in [5.41, 5.74) is 1.08. The second-order valence-electron chi connectivity index (χ2n) is 7.99. The van der Waals surface area contributed by atoms with Crippen molar-refractivity contribution >= 4 is 11.7 Å². The summed E-state index contributed by atoms with van der Waals surface area (Å²) >= 11 is 0. The Morgan fingerprint density at radius 2 is 1.80 bits per heavy atom. The van der Waals surface area contributed by atoms with E-state index in [2.05, 4.69) is 16.7 Å². The van der Waals surface area contributed by atoms with Crippen molar-refractivity contribution in [3.05, 3.63) is 29.8 Å². The molecule has 4 fully saturated rings. The molecule has 4 saturated carbocycles. The number of nitrogens with zero attached hydrogens (tertiary/aromatic N) is 1. The maximum atomic E-state index is 12.0. The SMILES string of the molecule is N#Cc1ccccc1NC(=O)NCCOC12CC3CC(CC(C3)C1)C2. The fraction of sp³-hybridized carbons (Fsp3) is 0.600. The first kappa shape index (κ1) is 16.4. The summed E-state index contributed by atoms with van der Waals surface area (Å²) in [6.45, 7) is 1.04. The molecular weight excluding hydrogens is 314 g/mol. The molecule has 132 valence electrons. The molecule has 5 nitrogen and oxygen atoms in total. The molecule has 4 aliphatic carbocycles. The number of carbonyl (C=O) groups is 1. The maximum Gasteiger partial charge on any atom is 0.319 e. The van der Waals surface area contributed by atoms with Crippen LogP contribution in [0.25, 0.3) is 0 Å². The Balaban J connectivity index is 1.23. The minimum absolute atomic E-state index is 0.0836. The molecule has 4 bridgehead atoms. The summed E-state index contributed by atoms with van der Waals surface area (Å²) in [4.78, 5) is 12.0. The Labute approximate surface area is 148 Å². The number of benzene rings is 1. The smallest absolute Gasteiger partial charge is 0.319 e. The third-order valence-electron chi connectivity index (χ3n) is 6.07. The van der Waals surface area contributed by atoms with E-state index in [1.54, 1.807) is 24.3 Å². The van der Waals surface area contributed by atoms with E-state index in [0.29, 0.717) is 24.4 Å². The number of amides is 2. The molecule has 0 saturated heterocycles. The van der Waals surface area contributed by atoms with E-state index in [9.17, 15) is 4.79 Å². The number of hydrogen-bond donors (Lipinski definition) is 2. The van der Waals surface area contributed by atoms with Crippen molar-refractivity contribution in [3.8, 4) is 6.07 Å². The predicted molar refractivity (Wildman–Crippen MR) is 95.0 cm³/mol. The Hall–Kier alpha value is -2.06. The van der Waals surface area contributed by atoms with Crippen LogP contribution in [0, 0.1) is 29.1 Å². The van der Waals surface area contributed by atoms with Crippen molar-refractivity contribution in [3.63, 3.8) is 0 Å². The number of ether oxygens (including phenoxy) is 1. The highest BCUT2D eigenvalue weighted by Gasteiger charge is 2.51. The first-order valence-electron chi connectivity index (χ1n) is 9.34. The van der Waals surface area contributed by atoms with Gasteiger partial charge >= 0.3 is 6.03 Å².